The van der Waals surface area contributed by atoms with Crippen LogP contribution in [0.25, 0.3) is 0 Å². The van der Waals surface area contributed by atoms with Crippen molar-refractivity contribution in [3.05, 3.63) is 23.7 Å². The van der Waals surface area contributed by atoms with Gasteiger partial charge in [-0.15, -0.1) is 0 Å². The third kappa shape index (κ3) is 4.61. The van der Waals surface area contributed by atoms with Crippen LogP contribution in [0.2, 0.25) is 0 Å². The van der Waals surface area contributed by atoms with Gasteiger partial charge in [0.1, 0.15) is 12.0 Å². The van der Waals surface area contributed by atoms with Gasteiger partial charge in [-0.1, -0.05) is 13.8 Å². The Hall–Kier alpha value is -1.29. The van der Waals surface area contributed by atoms with E-state index in [1.165, 1.54) is 6.26 Å². The molecular formula is C13H21NO3. The Bertz CT molecular complexity index is 380. The van der Waals surface area contributed by atoms with Crippen LogP contribution in [0.3, 0.4) is 0 Å². The number of amides is 1. The molecule has 1 rings (SSSR count). The van der Waals surface area contributed by atoms with Crippen LogP contribution in [0.4, 0.5) is 0 Å². The summed E-state index contributed by atoms with van der Waals surface area (Å²) >= 11 is 0. The molecule has 0 aliphatic carbocycles. The van der Waals surface area contributed by atoms with Crippen molar-refractivity contribution in [1.29, 1.82) is 0 Å². The molecule has 0 spiro atoms. The fourth-order valence-corrected chi connectivity index (χ4v) is 1.89. The molecule has 1 heterocycles. The number of hydrogen-bond donors (Lipinski definition) is 2. The molecule has 17 heavy (non-hydrogen) atoms. The average molecular weight is 239 g/mol. The van der Waals surface area contributed by atoms with Crippen molar-refractivity contribution in [2.75, 3.05) is 6.54 Å². The summed E-state index contributed by atoms with van der Waals surface area (Å²) in [5.74, 6) is 0.869. The molecule has 4 nitrogen and oxygen atoms in total. The quantitative estimate of drug-likeness (QED) is 0.827. The number of hydrogen-bond acceptors (Lipinski definition) is 3. The van der Waals surface area contributed by atoms with E-state index in [-0.39, 0.29) is 12.5 Å². The van der Waals surface area contributed by atoms with Gasteiger partial charge < -0.3 is 14.8 Å². The fraction of sp³-hybridized carbons (Fsp3) is 0.615. The zero-order valence-electron chi connectivity index (χ0n) is 10.9. The lowest BCUT2D eigenvalue weighted by Gasteiger charge is -2.25. The number of carbonyl (C=O) groups excluding carboxylic acids is 1. The van der Waals surface area contributed by atoms with E-state index in [4.69, 9.17) is 4.42 Å². The Balaban J connectivity index is 2.48. The molecule has 4 heteroatoms. The zero-order valence-corrected chi connectivity index (χ0v) is 10.9. The Labute approximate surface area is 102 Å². The normalized spacial score (nSPS) is 14.7. The predicted molar refractivity (Wildman–Crippen MR) is 65.9 cm³/mol. The molecular weight excluding hydrogens is 218 g/mol. The van der Waals surface area contributed by atoms with Gasteiger partial charge in [0.25, 0.3) is 5.91 Å². The summed E-state index contributed by atoms with van der Waals surface area (Å²) in [7, 11) is 0. The molecule has 1 unspecified atom stereocenters. The number of furan rings is 1. The lowest BCUT2D eigenvalue weighted by atomic mass is 9.94. The first kappa shape index (κ1) is 13.8. The topological polar surface area (TPSA) is 62.5 Å². The van der Waals surface area contributed by atoms with Crippen LogP contribution in [-0.4, -0.2) is 23.2 Å². The van der Waals surface area contributed by atoms with Crippen LogP contribution in [0.1, 0.15) is 43.3 Å². The summed E-state index contributed by atoms with van der Waals surface area (Å²) in [6.45, 7) is 7.83. The smallest absolute Gasteiger partial charge is 0.254 e. The third-order valence-corrected chi connectivity index (χ3v) is 2.47. The highest BCUT2D eigenvalue weighted by Crippen LogP contribution is 2.15. The van der Waals surface area contributed by atoms with Gasteiger partial charge in [0.2, 0.25) is 0 Å². The maximum absolute atomic E-state index is 11.7. The maximum Gasteiger partial charge on any atom is 0.254 e. The molecule has 0 aliphatic rings. The van der Waals surface area contributed by atoms with E-state index in [0.29, 0.717) is 23.7 Å². The van der Waals surface area contributed by atoms with Crippen LogP contribution in [0.5, 0.6) is 0 Å². The van der Waals surface area contributed by atoms with Crippen molar-refractivity contribution in [2.45, 2.75) is 39.7 Å². The second kappa shape index (κ2) is 5.36. The van der Waals surface area contributed by atoms with Crippen molar-refractivity contribution in [2.24, 2.45) is 5.92 Å². The molecule has 96 valence electrons. The first-order chi connectivity index (χ1) is 7.80. The summed E-state index contributed by atoms with van der Waals surface area (Å²) < 4.78 is 5.06. The maximum atomic E-state index is 11.7. The number of carbonyl (C=O) groups is 1. The standard InChI is InChI=1S/C13H21NO3/c1-9(2)6-13(4,16)8-14-12(15)11-5-10(3)17-7-11/h5,7,9,16H,6,8H2,1-4H3,(H,14,15). The van der Waals surface area contributed by atoms with E-state index >= 15 is 0 Å². The van der Waals surface area contributed by atoms with Gasteiger partial charge >= 0.3 is 0 Å². The molecule has 0 aromatic carbocycles. The Morgan fingerprint density at radius 2 is 2.24 bits per heavy atom. The Kier molecular flexibility index (Phi) is 4.34. The van der Waals surface area contributed by atoms with Gasteiger partial charge in [-0.25, -0.2) is 0 Å². The van der Waals surface area contributed by atoms with E-state index in [2.05, 4.69) is 5.32 Å². The highest BCUT2D eigenvalue weighted by molar-refractivity contribution is 5.93. The molecule has 0 saturated carbocycles. The van der Waals surface area contributed by atoms with E-state index in [0.717, 1.165) is 0 Å². The molecule has 0 bridgehead atoms. The van der Waals surface area contributed by atoms with E-state index in [9.17, 15) is 9.90 Å². The van der Waals surface area contributed by atoms with Gasteiger partial charge in [-0.05, 0) is 32.3 Å². The average Bonchev–Trinajstić information content (AvgIpc) is 2.59. The largest absolute Gasteiger partial charge is 0.469 e. The van der Waals surface area contributed by atoms with Crippen LogP contribution in [-0.2, 0) is 0 Å². The minimum absolute atomic E-state index is 0.217. The molecule has 0 aliphatic heterocycles. The van der Waals surface area contributed by atoms with Gasteiger partial charge in [0, 0.05) is 6.54 Å². The van der Waals surface area contributed by atoms with Crippen LogP contribution in [0, 0.1) is 12.8 Å². The highest BCUT2D eigenvalue weighted by Gasteiger charge is 2.23. The molecule has 0 fully saturated rings. The minimum Gasteiger partial charge on any atom is -0.469 e. The lowest BCUT2D eigenvalue weighted by molar-refractivity contribution is 0.0368. The third-order valence-electron chi connectivity index (χ3n) is 2.47. The molecule has 2 N–H and O–H groups in total. The molecule has 0 saturated heterocycles. The molecule has 0 radical (unpaired) electrons. The van der Waals surface area contributed by atoms with E-state index in [1.54, 1.807) is 19.9 Å². The number of aryl methyl sites for hydroxylation is 1. The second-order valence-electron chi connectivity index (χ2n) is 5.22. The summed E-state index contributed by atoms with van der Waals surface area (Å²) in [5, 5.41) is 12.8. The summed E-state index contributed by atoms with van der Waals surface area (Å²) in [4.78, 5) is 11.7. The Morgan fingerprint density at radius 1 is 1.59 bits per heavy atom. The van der Waals surface area contributed by atoms with Crippen LogP contribution in [0.15, 0.2) is 16.7 Å². The zero-order chi connectivity index (χ0) is 13.1. The summed E-state index contributed by atoms with van der Waals surface area (Å²) in [5.41, 5.74) is -0.384. The van der Waals surface area contributed by atoms with Crippen molar-refractivity contribution >= 4 is 5.91 Å². The van der Waals surface area contributed by atoms with Crippen molar-refractivity contribution in [1.82, 2.24) is 5.32 Å². The monoisotopic (exact) mass is 239 g/mol. The SMILES string of the molecule is Cc1cc(C(=O)NCC(C)(O)CC(C)C)co1. The Morgan fingerprint density at radius 3 is 2.71 bits per heavy atom. The first-order valence-electron chi connectivity index (χ1n) is 5.86. The molecule has 1 aromatic heterocycles. The fourth-order valence-electron chi connectivity index (χ4n) is 1.89. The molecule has 1 aromatic rings. The molecule has 1 atom stereocenters. The second-order valence-corrected chi connectivity index (χ2v) is 5.22. The summed E-state index contributed by atoms with van der Waals surface area (Å²) in [6, 6.07) is 1.67. The van der Waals surface area contributed by atoms with Gasteiger partial charge in [-0.3, -0.25) is 4.79 Å². The van der Waals surface area contributed by atoms with E-state index < -0.39 is 5.60 Å². The highest BCUT2D eigenvalue weighted by atomic mass is 16.3. The van der Waals surface area contributed by atoms with Crippen molar-refractivity contribution in [3.8, 4) is 0 Å². The number of rotatable bonds is 5. The number of aliphatic hydroxyl groups is 1. The first-order valence-corrected chi connectivity index (χ1v) is 5.86. The van der Waals surface area contributed by atoms with Gasteiger partial charge in [0.15, 0.2) is 0 Å². The summed E-state index contributed by atoms with van der Waals surface area (Å²) in [6.07, 6.45) is 2.07. The lowest BCUT2D eigenvalue weighted by Crippen LogP contribution is -2.41. The van der Waals surface area contributed by atoms with Crippen molar-refractivity contribution < 1.29 is 14.3 Å². The van der Waals surface area contributed by atoms with Crippen LogP contribution >= 0.6 is 0 Å². The number of nitrogens with one attached hydrogen (secondary N) is 1. The predicted octanol–water partition coefficient (Wildman–Crippen LogP) is 2.11. The molecule has 1 amide bonds. The van der Waals surface area contributed by atoms with E-state index in [1.807, 2.05) is 13.8 Å². The van der Waals surface area contributed by atoms with Crippen LogP contribution < -0.4 is 5.32 Å². The van der Waals surface area contributed by atoms with Gasteiger partial charge in [-0.2, -0.15) is 0 Å². The van der Waals surface area contributed by atoms with Gasteiger partial charge in [0.05, 0.1) is 11.2 Å². The minimum atomic E-state index is -0.872. The van der Waals surface area contributed by atoms with Crippen molar-refractivity contribution in [3.63, 3.8) is 0 Å².